The summed E-state index contributed by atoms with van der Waals surface area (Å²) in [7, 11) is 4.71. The molecule has 1 heterocycles. The Morgan fingerprint density at radius 1 is 0.848 bits per heavy atom. The fourth-order valence-electron chi connectivity index (χ4n) is 5.38. The number of allylic oxidation sites excluding steroid dienone is 3. The number of carbonyl (C=O) groups is 2. The minimum absolute atomic E-state index is 0.0471. The molecule has 33 heavy (non-hydrogen) atoms. The van der Waals surface area contributed by atoms with Gasteiger partial charge in [0.25, 0.3) is 0 Å². The molecule has 0 saturated carbocycles. The molecule has 1 aliphatic heterocycles. The molecule has 170 valence electrons. The van der Waals surface area contributed by atoms with Gasteiger partial charge in [0.2, 0.25) is 0 Å². The molecule has 6 nitrogen and oxygen atoms in total. The Labute approximate surface area is 193 Å². The highest BCUT2D eigenvalue weighted by Crippen LogP contribution is 2.53. The van der Waals surface area contributed by atoms with Crippen LogP contribution < -0.4 is 19.5 Å². The van der Waals surface area contributed by atoms with E-state index in [2.05, 4.69) is 19.2 Å². The monoisotopic (exact) mass is 445 g/mol. The molecule has 0 radical (unpaired) electrons. The molecular weight excluding hydrogens is 418 g/mol. The van der Waals surface area contributed by atoms with Gasteiger partial charge in [-0.3, -0.25) is 9.59 Å². The number of rotatable bonds is 4. The first-order valence-electron chi connectivity index (χ1n) is 11.0. The molecule has 0 bridgehead atoms. The number of benzene rings is 2. The molecule has 0 aromatic heterocycles. The van der Waals surface area contributed by atoms with Crippen LogP contribution in [0.1, 0.15) is 54.1 Å². The molecule has 1 N–H and O–H groups in total. The van der Waals surface area contributed by atoms with Crippen LogP contribution in [0, 0.1) is 5.41 Å². The number of hydrogen-bond donors (Lipinski definition) is 1. The Kier molecular flexibility index (Phi) is 4.85. The number of dihydropyridines is 1. The number of hydrogen-bond acceptors (Lipinski definition) is 6. The zero-order valence-electron chi connectivity index (χ0n) is 19.5. The van der Waals surface area contributed by atoms with Gasteiger partial charge in [0, 0.05) is 51.9 Å². The number of carbonyl (C=O) groups excluding carboxylic acids is 2. The van der Waals surface area contributed by atoms with Crippen LogP contribution in [0.5, 0.6) is 17.2 Å². The van der Waals surface area contributed by atoms with E-state index in [4.69, 9.17) is 14.2 Å². The van der Waals surface area contributed by atoms with Crippen molar-refractivity contribution >= 4 is 17.3 Å². The third-order valence-electron chi connectivity index (χ3n) is 6.78. The maximum absolute atomic E-state index is 13.7. The van der Waals surface area contributed by atoms with Crippen molar-refractivity contribution in [3.8, 4) is 17.2 Å². The minimum atomic E-state index is -0.561. The summed E-state index contributed by atoms with van der Waals surface area (Å²) < 4.78 is 16.8. The molecule has 6 heteroatoms. The Morgan fingerprint density at radius 2 is 1.48 bits per heavy atom. The summed E-state index contributed by atoms with van der Waals surface area (Å²) in [5.41, 5.74) is 4.92. The fourth-order valence-corrected chi connectivity index (χ4v) is 5.38. The standard InChI is InChI=1S/C27H27NO5/c1-27(2)12-17-23(18(29)13-27)22(16-10-20(32-4)21(33-5)11-19(16)31-3)24-25(28-17)14-8-6-7-9-15(14)26(24)30/h6-11,22,28H,12-13H2,1-5H3. The van der Waals surface area contributed by atoms with Crippen molar-refractivity contribution in [2.75, 3.05) is 21.3 Å². The smallest absolute Gasteiger partial charge is 0.192 e. The molecule has 0 spiro atoms. The summed E-state index contributed by atoms with van der Waals surface area (Å²) in [5, 5.41) is 3.50. The third kappa shape index (κ3) is 3.16. The lowest BCUT2D eigenvalue weighted by Gasteiger charge is -2.39. The van der Waals surface area contributed by atoms with Crippen molar-refractivity contribution < 1.29 is 23.8 Å². The summed E-state index contributed by atoms with van der Waals surface area (Å²) in [6, 6.07) is 11.2. The number of ether oxygens (including phenoxy) is 3. The largest absolute Gasteiger partial charge is 0.496 e. The van der Waals surface area contributed by atoms with Gasteiger partial charge in [0.15, 0.2) is 23.1 Å². The maximum atomic E-state index is 13.7. The predicted molar refractivity (Wildman–Crippen MR) is 125 cm³/mol. The fraction of sp³-hybridized carbons (Fsp3) is 0.333. The molecule has 2 aliphatic carbocycles. The summed E-state index contributed by atoms with van der Waals surface area (Å²) >= 11 is 0. The second-order valence-electron chi connectivity index (χ2n) is 9.50. The Hall–Kier alpha value is -3.54. The quantitative estimate of drug-likeness (QED) is 0.739. The maximum Gasteiger partial charge on any atom is 0.192 e. The normalized spacial score (nSPS) is 20.7. The Bertz CT molecular complexity index is 1270. The molecule has 0 saturated heterocycles. The Morgan fingerprint density at radius 3 is 2.15 bits per heavy atom. The van der Waals surface area contributed by atoms with Crippen LogP contribution in [0.4, 0.5) is 0 Å². The summed E-state index contributed by atoms with van der Waals surface area (Å²) in [4.78, 5) is 27.2. The highest BCUT2D eigenvalue weighted by molar-refractivity contribution is 6.23. The topological polar surface area (TPSA) is 73.9 Å². The van der Waals surface area contributed by atoms with Crippen molar-refractivity contribution in [3.05, 3.63) is 69.9 Å². The molecule has 1 unspecified atom stereocenters. The first-order valence-corrected chi connectivity index (χ1v) is 11.0. The van der Waals surface area contributed by atoms with Gasteiger partial charge in [0.05, 0.1) is 27.0 Å². The number of ketones is 2. The molecular formula is C27H27NO5. The van der Waals surface area contributed by atoms with Crippen molar-refractivity contribution in [3.63, 3.8) is 0 Å². The van der Waals surface area contributed by atoms with Gasteiger partial charge in [0.1, 0.15) is 5.75 Å². The molecule has 2 aromatic carbocycles. The number of nitrogens with one attached hydrogen (secondary N) is 1. The highest BCUT2D eigenvalue weighted by Gasteiger charge is 2.47. The molecule has 5 rings (SSSR count). The SMILES string of the molecule is COc1cc(OC)c(C2C3=C(CC(C)(C)CC3=O)NC3=C2C(=O)c2ccccc23)cc1OC. The first-order chi connectivity index (χ1) is 15.8. The van der Waals surface area contributed by atoms with Crippen molar-refractivity contribution in [2.45, 2.75) is 32.6 Å². The van der Waals surface area contributed by atoms with E-state index < -0.39 is 5.92 Å². The number of fused-ring (bicyclic) bond motifs is 2. The van der Waals surface area contributed by atoms with Crippen LogP contribution >= 0.6 is 0 Å². The van der Waals surface area contributed by atoms with Gasteiger partial charge >= 0.3 is 0 Å². The lowest BCUT2D eigenvalue weighted by Crippen LogP contribution is -2.37. The summed E-state index contributed by atoms with van der Waals surface area (Å²) in [6.07, 6.45) is 1.14. The van der Waals surface area contributed by atoms with E-state index in [1.165, 1.54) is 0 Å². The van der Waals surface area contributed by atoms with Crippen molar-refractivity contribution in [2.24, 2.45) is 5.41 Å². The lowest BCUT2D eigenvalue weighted by molar-refractivity contribution is -0.118. The van der Waals surface area contributed by atoms with Gasteiger partial charge in [-0.25, -0.2) is 0 Å². The summed E-state index contributed by atoms with van der Waals surface area (Å²) in [5.74, 6) is 0.995. The second kappa shape index (κ2) is 7.51. The van der Waals surface area contributed by atoms with E-state index in [0.717, 1.165) is 17.0 Å². The van der Waals surface area contributed by atoms with Crippen molar-refractivity contribution in [1.29, 1.82) is 0 Å². The minimum Gasteiger partial charge on any atom is -0.496 e. The zero-order chi connectivity index (χ0) is 23.5. The van der Waals surface area contributed by atoms with E-state index in [1.54, 1.807) is 27.4 Å². The molecule has 3 aliphatic rings. The third-order valence-corrected chi connectivity index (χ3v) is 6.78. The average molecular weight is 446 g/mol. The van der Waals surface area contributed by atoms with Crippen LogP contribution in [0.25, 0.3) is 5.70 Å². The summed E-state index contributed by atoms with van der Waals surface area (Å²) in [6.45, 7) is 4.19. The highest BCUT2D eigenvalue weighted by atomic mass is 16.5. The zero-order valence-corrected chi connectivity index (χ0v) is 19.5. The van der Waals surface area contributed by atoms with Gasteiger partial charge < -0.3 is 19.5 Å². The number of Topliss-reactive ketones (excluding diaryl/α,β-unsaturated/α-hetero) is 2. The van der Waals surface area contributed by atoms with Gasteiger partial charge in [-0.2, -0.15) is 0 Å². The van der Waals surface area contributed by atoms with E-state index >= 15 is 0 Å². The average Bonchev–Trinajstić information content (AvgIpc) is 3.08. The van der Waals surface area contributed by atoms with Crippen molar-refractivity contribution in [1.82, 2.24) is 5.32 Å². The first kappa shape index (κ1) is 21.3. The van der Waals surface area contributed by atoms with E-state index in [1.807, 2.05) is 30.3 Å². The van der Waals surface area contributed by atoms with E-state index in [-0.39, 0.29) is 17.0 Å². The van der Waals surface area contributed by atoms with Crippen LogP contribution in [0.15, 0.2) is 53.2 Å². The van der Waals surface area contributed by atoms with Crippen LogP contribution in [0.3, 0.4) is 0 Å². The van der Waals surface area contributed by atoms with Gasteiger partial charge in [-0.15, -0.1) is 0 Å². The molecule has 0 fully saturated rings. The lowest BCUT2D eigenvalue weighted by atomic mass is 9.68. The van der Waals surface area contributed by atoms with E-state index in [9.17, 15) is 9.59 Å². The predicted octanol–water partition coefficient (Wildman–Crippen LogP) is 4.65. The molecule has 2 aromatic rings. The molecule has 1 atom stereocenters. The van der Waals surface area contributed by atoms with Crippen LogP contribution in [-0.2, 0) is 4.79 Å². The van der Waals surface area contributed by atoms with Gasteiger partial charge in [-0.1, -0.05) is 38.1 Å². The number of methoxy groups -OCH3 is 3. The Balaban J connectivity index is 1.80. The van der Waals surface area contributed by atoms with E-state index in [0.29, 0.717) is 52.4 Å². The van der Waals surface area contributed by atoms with Crippen LogP contribution in [-0.4, -0.2) is 32.9 Å². The second-order valence-corrected chi connectivity index (χ2v) is 9.50. The molecule has 0 amide bonds. The van der Waals surface area contributed by atoms with Crippen LogP contribution in [0.2, 0.25) is 0 Å². The van der Waals surface area contributed by atoms with Gasteiger partial charge in [-0.05, 0) is 17.9 Å².